The highest BCUT2D eigenvalue weighted by molar-refractivity contribution is 5.89. The molecule has 102 valence electrons. The number of carbonyl (C=O) groups is 1. The first kappa shape index (κ1) is 12.9. The highest BCUT2D eigenvalue weighted by Crippen LogP contribution is 2.16. The average Bonchev–Trinajstić information content (AvgIpc) is 2.39. The van der Waals surface area contributed by atoms with Crippen LogP contribution in [0.15, 0.2) is 18.3 Å². The largest absolute Gasteiger partial charge is 0.465 e. The van der Waals surface area contributed by atoms with Crippen molar-refractivity contribution in [3.8, 4) is 0 Å². The number of guanidine groups is 1. The molecule has 1 aliphatic rings. The van der Waals surface area contributed by atoms with E-state index in [1.54, 1.807) is 12.3 Å². The summed E-state index contributed by atoms with van der Waals surface area (Å²) in [4.78, 5) is 18.5. The van der Waals surface area contributed by atoms with Gasteiger partial charge in [-0.2, -0.15) is 0 Å². The van der Waals surface area contributed by atoms with E-state index in [1.165, 1.54) is 4.90 Å². The highest BCUT2D eigenvalue weighted by Gasteiger charge is 2.20. The lowest BCUT2D eigenvalue weighted by atomic mass is 10.3. The zero-order valence-electron chi connectivity index (χ0n) is 10.3. The van der Waals surface area contributed by atoms with Gasteiger partial charge in [0.1, 0.15) is 5.82 Å². The zero-order valence-corrected chi connectivity index (χ0v) is 10.3. The summed E-state index contributed by atoms with van der Waals surface area (Å²) in [6.07, 6.45) is 0.717. The lowest BCUT2D eigenvalue weighted by Crippen LogP contribution is -2.48. The molecule has 0 unspecified atom stereocenters. The van der Waals surface area contributed by atoms with Crippen molar-refractivity contribution in [2.45, 2.75) is 0 Å². The first-order chi connectivity index (χ1) is 9.06. The number of rotatable bonds is 2. The Hall–Kier alpha value is -2.51. The van der Waals surface area contributed by atoms with E-state index in [9.17, 15) is 4.79 Å². The molecule has 2 rings (SSSR count). The summed E-state index contributed by atoms with van der Waals surface area (Å²) in [7, 11) is 0. The summed E-state index contributed by atoms with van der Waals surface area (Å²) < 4.78 is 0. The van der Waals surface area contributed by atoms with Gasteiger partial charge in [-0.05, 0) is 12.1 Å². The van der Waals surface area contributed by atoms with Gasteiger partial charge in [0.15, 0.2) is 5.96 Å². The van der Waals surface area contributed by atoms with Crippen LogP contribution in [0, 0.1) is 5.41 Å². The molecular formula is C11H16N6O2. The molecule has 19 heavy (non-hydrogen) atoms. The molecule has 0 radical (unpaired) electrons. The van der Waals surface area contributed by atoms with Gasteiger partial charge in [-0.25, -0.2) is 9.78 Å². The number of nitrogens with zero attached hydrogens (tertiary/aromatic N) is 3. The molecule has 0 aromatic carbocycles. The SMILES string of the molecule is N=C(N)Nc1ccc(N2CCN(C(=O)O)CC2)nc1. The van der Waals surface area contributed by atoms with Gasteiger partial charge in [0.2, 0.25) is 0 Å². The van der Waals surface area contributed by atoms with E-state index in [0.29, 0.717) is 31.9 Å². The molecule has 0 atom stereocenters. The molecule has 0 spiro atoms. The number of piperazine rings is 1. The third-order valence-electron chi connectivity index (χ3n) is 2.90. The number of hydrogen-bond donors (Lipinski definition) is 4. The van der Waals surface area contributed by atoms with Crippen LogP contribution < -0.4 is 16.0 Å². The van der Waals surface area contributed by atoms with E-state index in [1.807, 2.05) is 11.0 Å². The maximum atomic E-state index is 10.8. The summed E-state index contributed by atoms with van der Waals surface area (Å²) in [5, 5.41) is 18.6. The minimum atomic E-state index is -0.881. The van der Waals surface area contributed by atoms with Crippen LogP contribution in [0.3, 0.4) is 0 Å². The standard InChI is InChI=1S/C11H16N6O2/c12-10(13)15-8-1-2-9(14-7-8)16-3-5-17(6-4-16)11(18)19/h1-2,7H,3-6H2,(H,18,19)(H4,12,13,15). The lowest BCUT2D eigenvalue weighted by Gasteiger charge is -2.33. The van der Waals surface area contributed by atoms with Crippen molar-refractivity contribution in [3.05, 3.63) is 18.3 Å². The van der Waals surface area contributed by atoms with E-state index in [2.05, 4.69) is 10.3 Å². The van der Waals surface area contributed by atoms with E-state index in [0.717, 1.165) is 5.82 Å². The Bertz CT molecular complexity index is 467. The minimum absolute atomic E-state index is 0.135. The first-order valence-electron chi connectivity index (χ1n) is 5.86. The van der Waals surface area contributed by atoms with Crippen LogP contribution in [0.1, 0.15) is 0 Å². The molecule has 8 heteroatoms. The molecule has 8 nitrogen and oxygen atoms in total. The second-order valence-corrected chi connectivity index (χ2v) is 4.20. The molecule has 1 saturated heterocycles. The summed E-state index contributed by atoms with van der Waals surface area (Å²) >= 11 is 0. The van der Waals surface area contributed by atoms with Gasteiger partial charge in [-0.15, -0.1) is 0 Å². The Kier molecular flexibility index (Phi) is 3.69. The van der Waals surface area contributed by atoms with Gasteiger partial charge in [-0.1, -0.05) is 0 Å². The summed E-state index contributed by atoms with van der Waals surface area (Å²) in [5.74, 6) is 0.656. The Morgan fingerprint density at radius 3 is 2.53 bits per heavy atom. The Labute approximate surface area is 110 Å². The number of nitrogens with two attached hydrogens (primary N) is 1. The van der Waals surface area contributed by atoms with Gasteiger partial charge in [-0.3, -0.25) is 5.41 Å². The maximum absolute atomic E-state index is 10.8. The van der Waals surface area contributed by atoms with Crippen molar-refractivity contribution < 1.29 is 9.90 Å². The van der Waals surface area contributed by atoms with Gasteiger partial charge >= 0.3 is 6.09 Å². The normalized spacial score (nSPS) is 15.2. The van der Waals surface area contributed by atoms with E-state index in [-0.39, 0.29) is 5.96 Å². The number of anilines is 2. The molecule has 2 heterocycles. The van der Waals surface area contributed by atoms with E-state index >= 15 is 0 Å². The average molecular weight is 264 g/mol. The second kappa shape index (κ2) is 5.42. The molecule has 1 aliphatic heterocycles. The number of hydrogen-bond acceptors (Lipinski definition) is 4. The maximum Gasteiger partial charge on any atom is 0.407 e. The minimum Gasteiger partial charge on any atom is -0.465 e. The highest BCUT2D eigenvalue weighted by atomic mass is 16.4. The molecular weight excluding hydrogens is 248 g/mol. The molecule has 1 amide bonds. The monoisotopic (exact) mass is 264 g/mol. The van der Waals surface area contributed by atoms with Gasteiger partial charge in [0.25, 0.3) is 0 Å². The van der Waals surface area contributed by atoms with Crippen LogP contribution in [0.4, 0.5) is 16.3 Å². The number of amides is 1. The molecule has 5 N–H and O–H groups in total. The smallest absolute Gasteiger partial charge is 0.407 e. The predicted molar refractivity (Wildman–Crippen MR) is 71.6 cm³/mol. The summed E-state index contributed by atoms with van der Waals surface area (Å²) in [6.45, 7) is 2.20. The lowest BCUT2D eigenvalue weighted by molar-refractivity contribution is 0.142. The van der Waals surface area contributed by atoms with Gasteiger partial charge < -0.3 is 26.0 Å². The van der Waals surface area contributed by atoms with Crippen molar-refractivity contribution in [1.82, 2.24) is 9.88 Å². The molecule has 1 aromatic rings. The van der Waals surface area contributed by atoms with Crippen LogP contribution in [-0.2, 0) is 0 Å². The third kappa shape index (κ3) is 3.24. The van der Waals surface area contributed by atoms with Gasteiger partial charge in [0, 0.05) is 26.2 Å². The number of nitrogens with one attached hydrogen (secondary N) is 2. The first-order valence-corrected chi connectivity index (χ1v) is 5.86. The number of carboxylic acid groups (broad SMARTS) is 1. The second-order valence-electron chi connectivity index (χ2n) is 4.20. The Morgan fingerprint density at radius 2 is 2.05 bits per heavy atom. The fraction of sp³-hybridized carbons (Fsp3) is 0.364. The van der Waals surface area contributed by atoms with Crippen LogP contribution in [0.5, 0.6) is 0 Å². The molecule has 1 fully saturated rings. The fourth-order valence-electron chi connectivity index (χ4n) is 1.93. The van der Waals surface area contributed by atoms with Crippen LogP contribution >= 0.6 is 0 Å². The van der Waals surface area contributed by atoms with Crippen LogP contribution in [0.2, 0.25) is 0 Å². The molecule has 1 aromatic heterocycles. The third-order valence-corrected chi connectivity index (χ3v) is 2.90. The zero-order chi connectivity index (χ0) is 13.8. The van der Waals surface area contributed by atoms with Crippen molar-refractivity contribution in [1.29, 1.82) is 5.41 Å². The van der Waals surface area contributed by atoms with Crippen LogP contribution in [-0.4, -0.2) is 53.2 Å². The van der Waals surface area contributed by atoms with Crippen LogP contribution in [0.25, 0.3) is 0 Å². The molecule has 0 bridgehead atoms. The van der Waals surface area contributed by atoms with Crippen molar-refractivity contribution in [2.24, 2.45) is 5.73 Å². The van der Waals surface area contributed by atoms with Crippen molar-refractivity contribution in [3.63, 3.8) is 0 Å². The number of aromatic nitrogens is 1. The van der Waals surface area contributed by atoms with Crippen molar-refractivity contribution >= 4 is 23.6 Å². The van der Waals surface area contributed by atoms with E-state index in [4.69, 9.17) is 16.2 Å². The van der Waals surface area contributed by atoms with E-state index < -0.39 is 6.09 Å². The van der Waals surface area contributed by atoms with Crippen molar-refractivity contribution in [2.75, 3.05) is 36.4 Å². The summed E-state index contributed by atoms with van der Waals surface area (Å²) in [6, 6.07) is 3.61. The molecule has 0 saturated carbocycles. The number of pyridine rings is 1. The fourth-order valence-corrected chi connectivity index (χ4v) is 1.93. The Morgan fingerprint density at radius 1 is 1.37 bits per heavy atom. The molecule has 0 aliphatic carbocycles. The summed E-state index contributed by atoms with van der Waals surface area (Å²) in [5.41, 5.74) is 5.87. The predicted octanol–water partition coefficient (Wildman–Crippen LogP) is 0.187. The topological polar surface area (TPSA) is 119 Å². The quantitative estimate of drug-likeness (QED) is 0.447. The Balaban J connectivity index is 1.96. The van der Waals surface area contributed by atoms with Gasteiger partial charge in [0.05, 0.1) is 11.9 Å².